The van der Waals surface area contributed by atoms with Gasteiger partial charge in [0.1, 0.15) is 0 Å². The summed E-state index contributed by atoms with van der Waals surface area (Å²) in [4.78, 5) is 0. The Balaban J connectivity index is 2.00. The summed E-state index contributed by atoms with van der Waals surface area (Å²) in [5.41, 5.74) is 0.467. The fourth-order valence-corrected chi connectivity index (χ4v) is 1.99. The Morgan fingerprint density at radius 2 is 2.15 bits per heavy atom. The predicted octanol–water partition coefficient (Wildman–Crippen LogP) is 3.15. The first-order chi connectivity index (χ1) is 6.22. The van der Waals surface area contributed by atoms with E-state index in [2.05, 4.69) is 26.5 Å². The van der Waals surface area contributed by atoms with Gasteiger partial charge in [0, 0.05) is 12.0 Å². The average molecular weight is 202 g/mol. The molecule has 0 aliphatic heterocycles. The van der Waals surface area contributed by atoms with Crippen LogP contribution < -0.4 is 0 Å². The first-order valence-corrected chi connectivity index (χ1v) is 6.04. The minimum Gasteiger partial charge on any atom is -0.381 e. The second kappa shape index (κ2) is 5.26. The number of hydrogen-bond donors (Lipinski definition) is 1. The topological polar surface area (TPSA) is 9.23 Å². The Kier molecular flexibility index (Phi) is 4.60. The molecule has 0 aromatic rings. The van der Waals surface area contributed by atoms with Crippen molar-refractivity contribution in [1.29, 1.82) is 0 Å². The molecule has 0 radical (unpaired) electrons. The van der Waals surface area contributed by atoms with E-state index < -0.39 is 0 Å². The molecule has 0 aromatic carbocycles. The van der Waals surface area contributed by atoms with Crippen molar-refractivity contribution in [2.75, 3.05) is 19.0 Å². The molecule has 1 aliphatic carbocycles. The van der Waals surface area contributed by atoms with Crippen LogP contribution in [-0.2, 0) is 4.74 Å². The minimum absolute atomic E-state index is 0.467. The molecule has 1 rings (SSSR count). The van der Waals surface area contributed by atoms with Crippen molar-refractivity contribution in [2.24, 2.45) is 11.3 Å². The minimum atomic E-state index is 0.467. The van der Waals surface area contributed by atoms with Crippen LogP contribution in [0.3, 0.4) is 0 Å². The van der Waals surface area contributed by atoms with E-state index in [-0.39, 0.29) is 0 Å². The first-order valence-electron chi connectivity index (χ1n) is 5.41. The Morgan fingerprint density at radius 1 is 1.46 bits per heavy atom. The molecule has 1 saturated carbocycles. The third-order valence-electron chi connectivity index (χ3n) is 2.88. The van der Waals surface area contributed by atoms with Crippen molar-refractivity contribution in [2.45, 2.75) is 39.5 Å². The van der Waals surface area contributed by atoms with Crippen LogP contribution in [0.15, 0.2) is 0 Å². The van der Waals surface area contributed by atoms with Crippen LogP contribution in [-0.4, -0.2) is 19.0 Å². The van der Waals surface area contributed by atoms with Gasteiger partial charge < -0.3 is 4.74 Å². The smallest absolute Gasteiger partial charge is 0.0530 e. The first kappa shape index (κ1) is 11.4. The van der Waals surface area contributed by atoms with Crippen molar-refractivity contribution >= 4 is 12.6 Å². The maximum atomic E-state index is 5.72. The van der Waals surface area contributed by atoms with Gasteiger partial charge in [-0.15, -0.1) is 0 Å². The summed E-state index contributed by atoms with van der Waals surface area (Å²) in [6, 6.07) is 0. The molecule has 0 bridgehead atoms. The van der Waals surface area contributed by atoms with E-state index in [0.29, 0.717) is 5.41 Å². The molecule has 13 heavy (non-hydrogen) atoms. The van der Waals surface area contributed by atoms with Gasteiger partial charge in [-0.3, -0.25) is 0 Å². The molecule has 0 aromatic heterocycles. The molecular formula is C11H22OS. The second-order valence-corrected chi connectivity index (χ2v) is 4.88. The van der Waals surface area contributed by atoms with Crippen molar-refractivity contribution in [3.63, 3.8) is 0 Å². The van der Waals surface area contributed by atoms with Crippen LogP contribution >= 0.6 is 12.6 Å². The molecule has 2 heteroatoms. The summed E-state index contributed by atoms with van der Waals surface area (Å²) in [6.45, 7) is 6.37. The van der Waals surface area contributed by atoms with Gasteiger partial charge in [-0.25, -0.2) is 0 Å². The largest absolute Gasteiger partial charge is 0.381 e. The molecule has 0 saturated heterocycles. The summed E-state index contributed by atoms with van der Waals surface area (Å²) < 4.78 is 5.72. The standard InChI is InChI=1S/C11H22OS/c1-3-4-10(2)7-12-8-11(9-13)5-6-11/h10,13H,3-9H2,1-2H3. The van der Waals surface area contributed by atoms with E-state index in [1.54, 1.807) is 0 Å². The molecule has 1 fully saturated rings. The molecule has 1 atom stereocenters. The Labute approximate surface area is 87.7 Å². The summed E-state index contributed by atoms with van der Waals surface area (Å²) >= 11 is 4.35. The van der Waals surface area contributed by atoms with E-state index in [1.807, 2.05) is 0 Å². The highest BCUT2D eigenvalue weighted by Crippen LogP contribution is 2.46. The maximum Gasteiger partial charge on any atom is 0.0530 e. The number of thiol groups is 1. The lowest BCUT2D eigenvalue weighted by Crippen LogP contribution is -2.15. The van der Waals surface area contributed by atoms with Crippen molar-refractivity contribution in [3.05, 3.63) is 0 Å². The normalized spacial score (nSPS) is 21.5. The molecule has 1 aliphatic rings. The van der Waals surface area contributed by atoms with Gasteiger partial charge in [0.15, 0.2) is 0 Å². The highest BCUT2D eigenvalue weighted by molar-refractivity contribution is 7.80. The Bertz CT molecular complexity index is 143. The van der Waals surface area contributed by atoms with E-state index in [9.17, 15) is 0 Å². The summed E-state index contributed by atoms with van der Waals surface area (Å²) in [5, 5.41) is 0. The molecule has 1 nitrogen and oxygen atoms in total. The predicted molar refractivity (Wildman–Crippen MR) is 60.4 cm³/mol. The lowest BCUT2D eigenvalue weighted by Gasteiger charge is -2.15. The third kappa shape index (κ3) is 3.90. The van der Waals surface area contributed by atoms with Crippen molar-refractivity contribution in [3.8, 4) is 0 Å². The van der Waals surface area contributed by atoms with Gasteiger partial charge in [-0.1, -0.05) is 20.3 Å². The molecule has 0 spiro atoms. The number of hydrogen-bond acceptors (Lipinski definition) is 2. The SMILES string of the molecule is CCCC(C)COCC1(CS)CC1. The van der Waals surface area contributed by atoms with Gasteiger partial charge >= 0.3 is 0 Å². The van der Waals surface area contributed by atoms with Crippen LogP contribution in [0.4, 0.5) is 0 Å². The quantitative estimate of drug-likeness (QED) is 0.624. The summed E-state index contributed by atoms with van der Waals surface area (Å²) in [6.07, 6.45) is 5.19. The molecule has 0 amide bonds. The van der Waals surface area contributed by atoms with E-state index in [4.69, 9.17) is 4.74 Å². The van der Waals surface area contributed by atoms with Crippen molar-refractivity contribution < 1.29 is 4.74 Å². The lowest BCUT2D eigenvalue weighted by molar-refractivity contribution is 0.0719. The lowest BCUT2D eigenvalue weighted by atomic mass is 10.1. The fourth-order valence-electron chi connectivity index (χ4n) is 1.58. The summed E-state index contributed by atoms with van der Waals surface area (Å²) in [5.74, 6) is 1.72. The molecule has 1 unspecified atom stereocenters. The number of ether oxygens (including phenoxy) is 1. The van der Waals surface area contributed by atoms with E-state index in [1.165, 1.54) is 25.7 Å². The third-order valence-corrected chi connectivity index (χ3v) is 3.56. The fraction of sp³-hybridized carbons (Fsp3) is 1.00. The van der Waals surface area contributed by atoms with Crippen LogP contribution in [0.25, 0.3) is 0 Å². The highest BCUT2D eigenvalue weighted by Gasteiger charge is 2.41. The van der Waals surface area contributed by atoms with Gasteiger partial charge in [0.25, 0.3) is 0 Å². The van der Waals surface area contributed by atoms with Crippen LogP contribution in [0.5, 0.6) is 0 Å². The maximum absolute atomic E-state index is 5.72. The molecule has 78 valence electrons. The van der Waals surface area contributed by atoms with Gasteiger partial charge in [0.2, 0.25) is 0 Å². The van der Waals surface area contributed by atoms with Crippen LogP contribution in [0, 0.1) is 11.3 Å². The Hall–Kier alpha value is 0.310. The van der Waals surface area contributed by atoms with Crippen LogP contribution in [0.2, 0.25) is 0 Å². The monoisotopic (exact) mass is 202 g/mol. The van der Waals surface area contributed by atoms with Crippen LogP contribution in [0.1, 0.15) is 39.5 Å². The van der Waals surface area contributed by atoms with Gasteiger partial charge in [-0.05, 0) is 30.9 Å². The van der Waals surface area contributed by atoms with E-state index in [0.717, 1.165) is 24.9 Å². The van der Waals surface area contributed by atoms with Gasteiger partial charge in [-0.2, -0.15) is 12.6 Å². The molecular weight excluding hydrogens is 180 g/mol. The zero-order chi connectivity index (χ0) is 9.73. The summed E-state index contributed by atoms with van der Waals surface area (Å²) in [7, 11) is 0. The van der Waals surface area contributed by atoms with E-state index >= 15 is 0 Å². The number of rotatable bonds is 7. The van der Waals surface area contributed by atoms with Crippen molar-refractivity contribution in [1.82, 2.24) is 0 Å². The molecule has 0 N–H and O–H groups in total. The highest BCUT2D eigenvalue weighted by atomic mass is 32.1. The van der Waals surface area contributed by atoms with Gasteiger partial charge in [0.05, 0.1) is 6.61 Å². The average Bonchev–Trinajstić information content (AvgIpc) is 2.86. The second-order valence-electron chi connectivity index (χ2n) is 4.57. The zero-order valence-electron chi connectivity index (χ0n) is 8.88. The zero-order valence-corrected chi connectivity index (χ0v) is 9.78. The Morgan fingerprint density at radius 3 is 2.62 bits per heavy atom. The molecule has 0 heterocycles.